The Morgan fingerprint density at radius 2 is 1.94 bits per heavy atom. The number of fused-ring (bicyclic) bond motifs is 2. The maximum Gasteiger partial charge on any atom is 0.408 e. The summed E-state index contributed by atoms with van der Waals surface area (Å²) in [7, 11) is 1.61. The summed E-state index contributed by atoms with van der Waals surface area (Å²) in [5.41, 5.74) is 7.59. The van der Waals surface area contributed by atoms with Crippen molar-refractivity contribution in [3.63, 3.8) is 0 Å². The van der Waals surface area contributed by atoms with Crippen molar-refractivity contribution in [1.29, 1.82) is 0 Å². The predicted molar refractivity (Wildman–Crippen MR) is 129 cm³/mol. The Bertz CT molecular complexity index is 1380. The molecule has 8 nitrogen and oxygen atoms in total. The third kappa shape index (κ3) is 4.86. The third-order valence-electron chi connectivity index (χ3n) is 6.30. The summed E-state index contributed by atoms with van der Waals surface area (Å²) in [6, 6.07) is 10.2. The first kappa shape index (κ1) is 24.4. The van der Waals surface area contributed by atoms with Crippen LogP contribution in [0.5, 0.6) is 5.75 Å². The van der Waals surface area contributed by atoms with Gasteiger partial charge in [-0.3, -0.25) is 9.30 Å². The number of rotatable bonds is 7. The lowest BCUT2D eigenvalue weighted by molar-refractivity contribution is -0.183. The van der Waals surface area contributed by atoms with E-state index in [1.165, 1.54) is 17.2 Å². The molecule has 0 aliphatic carbocycles. The number of hydrogen-bond donors (Lipinski definition) is 1. The second-order valence-electron chi connectivity index (χ2n) is 9.14. The van der Waals surface area contributed by atoms with E-state index in [9.17, 15) is 13.2 Å². The molecule has 3 unspecified atom stereocenters. The minimum absolute atomic E-state index is 0.105. The summed E-state index contributed by atoms with van der Waals surface area (Å²) in [6.07, 6.45) is -2.61. The normalized spacial score (nSPS) is 18.7. The SMILES string of the molecule is COCC(C)Oc1ccc2ccc(-c3nnc4ccc(C(N5CCC(N)C5)C(F)(F)F)cn34)nc2c1. The van der Waals surface area contributed by atoms with Crippen molar-refractivity contribution in [1.82, 2.24) is 24.5 Å². The molecule has 4 heterocycles. The number of ether oxygens (including phenoxy) is 2. The number of halogens is 3. The van der Waals surface area contributed by atoms with Gasteiger partial charge in [0.2, 0.25) is 0 Å². The molecule has 1 fully saturated rings. The van der Waals surface area contributed by atoms with Crippen molar-refractivity contribution in [2.24, 2.45) is 5.73 Å². The number of alkyl halides is 3. The number of nitrogens with two attached hydrogens (primary N) is 1. The first-order valence-electron chi connectivity index (χ1n) is 11.7. The Balaban J connectivity index is 1.52. The minimum Gasteiger partial charge on any atom is -0.488 e. The summed E-state index contributed by atoms with van der Waals surface area (Å²) in [6.45, 7) is 2.83. The third-order valence-corrected chi connectivity index (χ3v) is 6.30. The zero-order valence-electron chi connectivity index (χ0n) is 19.9. The van der Waals surface area contributed by atoms with E-state index in [1.54, 1.807) is 23.6 Å². The van der Waals surface area contributed by atoms with Crippen LogP contribution < -0.4 is 10.5 Å². The van der Waals surface area contributed by atoms with E-state index < -0.39 is 12.2 Å². The van der Waals surface area contributed by atoms with Crippen LogP contribution in [0, 0.1) is 0 Å². The average Bonchev–Trinajstić information content (AvgIpc) is 3.44. The van der Waals surface area contributed by atoms with Crippen molar-refractivity contribution >= 4 is 16.6 Å². The fraction of sp³-hybridized carbons (Fsp3) is 0.400. The molecule has 0 radical (unpaired) electrons. The lowest BCUT2D eigenvalue weighted by atomic mass is 10.1. The van der Waals surface area contributed by atoms with Crippen LogP contribution in [0.2, 0.25) is 0 Å². The highest BCUT2D eigenvalue weighted by atomic mass is 19.4. The first-order chi connectivity index (χ1) is 17.2. The van der Waals surface area contributed by atoms with Gasteiger partial charge in [0.15, 0.2) is 11.5 Å². The van der Waals surface area contributed by atoms with E-state index >= 15 is 0 Å². The maximum atomic E-state index is 14.1. The summed E-state index contributed by atoms with van der Waals surface area (Å²) in [5.74, 6) is 0.994. The van der Waals surface area contributed by atoms with E-state index in [0.29, 0.717) is 41.5 Å². The Labute approximate surface area is 205 Å². The smallest absolute Gasteiger partial charge is 0.408 e. The van der Waals surface area contributed by atoms with Gasteiger partial charge in [0.1, 0.15) is 23.6 Å². The number of benzene rings is 1. The molecule has 3 aromatic heterocycles. The van der Waals surface area contributed by atoms with Gasteiger partial charge in [-0.2, -0.15) is 13.2 Å². The quantitative estimate of drug-likeness (QED) is 0.410. The fourth-order valence-corrected chi connectivity index (χ4v) is 4.70. The van der Waals surface area contributed by atoms with E-state index in [2.05, 4.69) is 10.2 Å². The van der Waals surface area contributed by atoms with Crippen LogP contribution in [0.25, 0.3) is 28.1 Å². The molecule has 0 bridgehead atoms. The van der Waals surface area contributed by atoms with Crippen LogP contribution in [0.3, 0.4) is 0 Å². The van der Waals surface area contributed by atoms with Crippen molar-refractivity contribution in [3.8, 4) is 17.3 Å². The predicted octanol–water partition coefficient (Wildman–Crippen LogP) is 3.99. The van der Waals surface area contributed by atoms with Gasteiger partial charge in [-0.15, -0.1) is 10.2 Å². The molecule has 190 valence electrons. The molecule has 2 N–H and O–H groups in total. The van der Waals surface area contributed by atoms with Gasteiger partial charge in [0.25, 0.3) is 0 Å². The zero-order valence-corrected chi connectivity index (χ0v) is 19.9. The van der Waals surface area contributed by atoms with Crippen LogP contribution in [0.15, 0.2) is 48.7 Å². The molecule has 36 heavy (non-hydrogen) atoms. The highest BCUT2D eigenvalue weighted by Gasteiger charge is 2.46. The molecule has 1 aromatic carbocycles. The van der Waals surface area contributed by atoms with Gasteiger partial charge in [-0.1, -0.05) is 12.1 Å². The molecule has 1 saturated heterocycles. The number of nitrogens with zero attached hydrogens (tertiary/aromatic N) is 5. The molecule has 0 spiro atoms. The molecule has 11 heteroatoms. The Morgan fingerprint density at radius 3 is 2.67 bits per heavy atom. The summed E-state index contributed by atoms with van der Waals surface area (Å²) in [5, 5.41) is 9.26. The summed E-state index contributed by atoms with van der Waals surface area (Å²) < 4.78 is 54.9. The van der Waals surface area contributed by atoms with E-state index in [4.69, 9.17) is 20.2 Å². The molecular formula is C25H27F3N6O2. The van der Waals surface area contributed by atoms with Crippen molar-refractivity contribution in [2.75, 3.05) is 26.8 Å². The summed E-state index contributed by atoms with van der Waals surface area (Å²) in [4.78, 5) is 6.09. The summed E-state index contributed by atoms with van der Waals surface area (Å²) >= 11 is 0. The van der Waals surface area contributed by atoms with Crippen molar-refractivity contribution in [2.45, 2.75) is 37.7 Å². The number of hydrogen-bond acceptors (Lipinski definition) is 7. The zero-order chi connectivity index (χ0) is 25.4. The number of methoxy groups -OCH3 is 1. The fourth-order valence-electron chi connectivity index (χ4n) is 4.70. The molecule has 5 rings (SSSR count). The number of pyridine rings is 2. The molecular weight excluding hydrogens is 473 g/mol. The van der Waals surface area contributed by atoms with Gasteiger partial charge in [-0.25, -0.2) is 4.98 Å². The van der Waals surface area contributed by atoms with Gasteiger partial charge in [-0.05, 0) is 43.2 Å². The Kier molecular flexibility index (Phi) is 6.54. The van der Waals surface area contributed by atoms with Gasteiger partial charge in [0.05, 0.1) is 12.1 Å². The van der Waals surface area contributed by atoms with Gasteiger partial charge in [0, 0.05) is 43.9 Å². The van der Waals surface area contributed by atoms with Gasteiger partial charge >= 0.3 is 6.18 Å². The van der Waals surface area contributed by atoms with Crippen LogP contribution in [-0.4, -0.2) is 69.6 Å². The lowest BCUT2D eigenvalue weighted by Gasteiger charge is -2.30. The Morgan fingerprint density at radius 1 is 1.14 bits per heavy atom. The second-order valence-corrected chi connectivity index (χ2v) is 9.14. The molecule has 1 aliphatic heterocycles. The topological polar surface area (TPSA) is 90.8 Å². The number of aromatic nitrogens is 4. The molecule has 3 atom stereocenters. The van der Waals surface area contributed by atoms with Gasteiger partial charge < -0.3 is 15.2 Å². The highest BCUT2D eigenvalue weighted by Crippen LogP contribution is 2.39. The molecule has 0 amide bonds. The molecule has 0 saturated carbocycles. The minimum atomic E-state index is -4.45. The lowest BCUT2D eigenvalue weighted by Crippen LogP contribution is -2.38. The van der Waals surface area contributed by atoms with Crippen molar-refractivity contribution < 1.29 is 22.6 Å². The highest BCUT2D eigenvalue weighted by molar-refractivity contribution is 5.82. The van der Waals surface area contributed by atoms with Crippen LogP contribution >= 0.6 is 0 Å². The number of likely N-dealkylation sites (tertiary alicyclic amines) is 1. The van der Waals surface area contributed by atoms with Crippen LogP contribution in [-0.2, 0) is 4.74 Å². The van der Waals surface area contributed by atoms with Crippen molar-refractivity contribution in [3.05, 3.63) is 54.2 Å². The van der Waals surface area contributed by atoms with Crippen LogP contribution in [0.4, 0.5) is 13.2 Å². The molecule has 1 aliphatic rings. The average molecular weight is 501 g/mol. The Hall–Kier alpha value is -3.28. The standard InChI is InChI=1S/C25H27F3N6O2/c1-15(14-35-2)36-19-6-3-16-4-7-20(30-21(16)11-19)24-32-31-22-8-5-17(12-34(22)24)23(25(26,27)28)33-10-9-18(29)13-33/h3-8,11-12,15,18,23H,9-10,13-14,29H2,1-2H3. The first-order valence-corrected chi connectivity index (χ1v) is 11.7. The van der Waals surface area contributed by atoms with E-state index in [-0.39, 0.29) is 30.8 Å². The molecule has 4 aromatic rings. The van der Waals surface area contributed by atoms with E-state index in [1.807, 2.05) is 31.2 Å². The largest absolute Gasteiger partial charge is 0.488 e. The second kappa shape index (κ2) is 9.64. The van der Waals surface area contributed by atoms with Crippen LogP contribution in [0.1, 0.15) is 24.9 Å². The maximum absolute atomic E-state index is 14.1. The van der Waals surface area contributed by atoms with E-state index in [0.717, 1.165) is 5.39 Å². The monoisotopic (exact) mass is 500 g/mol.